The number of rotatable bonds is 6. The number of aromatic amines is 1. The summed E-state index contributed by atoms with van der Waals surface area (Å²) < 4.78 is 17.7. The van der Waals surface area contributed by atoms with Gasteiger partial charge in [-0.25, -0.2) is 0 Å². The molecule has 0 fully saturated rings. The first-order valence-electron chi connectivity index (χ1n) is 7.47. The SMILES string of the molecule is COc1cccc(C(=O)C[n+]2c(OC)[nH]c3c(OC)cccc32)c1. The second-order valence-corrected chi connectivity index (χ2v) is 5.23. The van der Waals surface area contributed by atoms with Gasteiger partial charge in [-0.3, -0.25) is 4.79 Å². The van der Waals surface area contributed by atoms with Crippen LogP contribution in [0.3, 0.4) is 0 Å². The Labute approximate surface area is 139 Å². The number of aromatic nitrogens is 2. The van der Waals surface area contributed by atoms with Gasteiger partial charge in [0, 0.05) is 5.56 Å². The van der Waals surface area contributed by atoms with Crippen molar-refractivity contribution in [1.82, 2.24) is 4.98 Å². The molecule has 3 rings (SSSR count). The number of ether oxygens (including phenoxy) is 3. The minimum absolute atomic E-state index is 0.0408. The van der Waals surface area contributed by atoms with Crippen molar-refractivity contribution in [3.05, 3.63) is 48.0 Å². The molecule has 0 bridgehead atoms. The van der Waals surface area contributed by atoms with Crippen LogP contribution in [0.15, 0.2) is 42.5 Å². The lowest BCUT2D eigenvalue weighted by Gasteiger charge is -2.04. The molecule has 0 radical (unpaired) electrons. The molecule has 24 heavy (non-hydrogen) atoms. The Hall–Kier alpha value is -3.02. The van der Waals surface area contributed by atoms with Gasteiger partial charge in [-0.2, -0.15) is 9.55 Å². The number of ketones is 1. The number of methoxy groups -OCH3 is 3. The lowest BCUT2D eigenvalue weighted by Crippen LogP contribution is -2.38. The zero-order valence-corrected chi connectivity index (χ0v) is 13.8. The Morgan fingerprint density at radius 1 is 1.04 bits per heavy atom. The van der Waals surface area contributed by atoms with Crippen LogP contribution in [0.5, 0.6) is 17.5 Å². The minimum Gasteiger partial charge on any atom is -0.497 e. The van der Waals surface area contributed by atoms with Crippen LogP contribution in [0, 0.1) is 0 Å². The molecule has 0 atom stereocenters. The summed E-state index contributed by atoms with van der Waals surface area (Å²) in [4.78, 5) is 15.8. The molecule has 2 aromatic carbocycles. The second kappa shape index (κ2) is 6.62. The Morgan fingerprint density at radius 3 is 2.54 bits per heavy atom. The number of para-hydroxylation sites is 1. The van der Waals surface area contributed by atoms with Crippen LogP contribution in [-0.2, 0) is 6.54 Å². The van der Waals surface area contributed by atoms with Gasteiger partial charge in [0.05, 0.1) is 21.3 Å². The number of carbonyl (C=O) groups excluding carboxylic acids is 1. The first kappa shape index (κ1) is 15.9. The van der Waals surface area contributed by atoms with Gasteiger partial charge < -0.3 is 14.2 Å². The predicted octanol–water partition coefficient (Wildman–Crippen LogP) is 2.36. The summed E-state index contributed by atoms with van der Waals surface area (Å²) in [6.45, 7) is 0.142. The van der Waals surface area contributed by atoms with Crippen LogP contribution in [-0.4, -0.2) is 32.1 Å². The van der Waals surface area contributed by atoms with Crippen molar-refractivity contribution >= 4 is 16.8 Å². The van der Waals surface area contributed by atoms with E-state index in [2.05, 4.69) is 4.98 Å². The zero-order chi connectivity index (χ0) is 17.1. The summed E-state index contributed by atoms with van der Waals surface area (Å²) in [6.07, 6.45) is 0. The molecule has 0 saturated heterocycles. The van der Waals surface area contributed by atoms with Gasteiger partial charge in [-0.05, 0) is 24.3 Å². The smallest absolute Gasteiger partial charge is 0.455 e. The van der Waals surface area contributed by atoms with Crippen molar-refractivity contribution in [3.63, 3.8) is 0 Å². The van der Waals surface area contributed by atoms with Crippen molar-refractivity contribution in [2.45, 2.75) is 6.54 Å². The number of nitrogens with zero attached hydrogens (tertiary/aromatic N) is 1. The van der Waals surface area contributed by atoms with Crippen molar-refractivity contribution < 1.29 is 23.6 Å². The second-order valence-electron chi connectivity index (χ2n) is 5.23. The maximum atomic E-state index is 12.7. The first-order chi connectivity index (χ1) is 11.7. The number of Topliss-reactive ketones (excluding diaryl/α,β-unsaturated/α-hetero) is 1. The molecule has 0 aliphatic carbocycles. The highest BCUT2D eigenvalue weighted by Gasteiger charge is 2.24. The van der Waals surface area contributed by atoms with Crippen molar-refractivity contribution in [1.29, 1.82) is 0 Å². The number of fused-ring (bicyclic) bond motifs is 1. The van der Waals surface area contributed by atoms with Crippen LogP contribution in [0.4, 0.5) is 0 Å². The third-order valence-electron chi connectivity index (χ3n) is 3.88. The normalized spacial score (nSPS) is 10.6. The van der Waals surface area contributed by atoms with E-state index in [-0.39, 0.29) is 12.3 Å². The van der Waals surface area contributed by atoms with Crippen molar-refractivity contribution in [2.24, 2.45) is 0 Å². The van der Waals surface area contributed by atoms with Gasteiger partial charge in [-0.1, -0.05) is 18.2 Å². The van der Waals surface area contributed by atoms with Gasteiger partial charge in [0.1, 0.15) is 5.75 Å². The number of carbonyl (C=O) groups is 1. The predicted molar refractivity (Wildman–Crippen MR) is 88.9 cm³/mol. The van der Waals surface area contributed by atoms with Crippen LogP contribution < -0.4 is 18.8 Å². The number of hydrogen-bond acceptors (Lipinski definition) is 4. The molecule has 0 spiro atoms. The van der Waals surface area contributed by atoms with E-state index in [0.29, 0.717) is 23.1 Å². The summed E-state index contributed by atoms with van der Waals surface area (Å²) in [5.74, 6) is 1.30. The highest BCUT2D eigenvalue weighted by atomic mass is 16.5. The van der Waals surface area contributed by atoms with Crippen molar-refractivity contribution in [2.75, 3.05) is 21.3 Å². The molecule has 0 unspecified atom stereocenters. The number of H-pyrrole nitrogens is 1. The Bertz CT molecular complexity index is 886. The highest BCUT2D eigenvalue weighted by Crippen LogP contribution is 2.24. The molecular weight excluding hydrogens is 308 g/mol. The van der Waals surface area contributed by atoms with Gasteiger partial charge in [-0.15, -0.1) is 0 Å². The molecule has 0 amide bonds. The fourth-order valence-corrected chi connectivity index (χ4v) is 2.67. The van der Waals surface area contributed by atoms with E-state index in [1.807, 2.05) is 18.2 Å². The van der Waals surface area contributed by atoms with E-state index in [4.69, 9.17) is 14.2 Å². The van der Waals surface area contributed by atoms with Crippen LogP contribution in [0.2, 0.25) is 0 Å². The number of benzene rings is 2. The van der Waals surface area contributed by atoms with Gasteiger partial charge in [0.25, 0.3) is 0 Å². The maximum absolute atomic E-state index is 12.7. The van der Waals surface area contributed by atoms with Gasteiger partial charge in [0.15, 0.2) is 17.8 Å². The fourth-order valence-electron chi connectivity index (χ4n) is 2.67. The summed E-state index contributed by atoms with van der Waals surface area (Å²) >= 11 is 0. The van der Waals surface area contributed by atoms with E-state index in [1.165, 1.54) is 0 Å². The van der Waals surface area contributed by atoms with E-state index < -0.39 is 0 Å². The Morgan fingerprint density at radius 2 is 1.83 bits per heavy atom. The number of nitrogens with one attached hydrogen (secondary N) is 1. The molecule has 1 aromatic heterocycles. The molecule has 1 heterocycles. The summed E-state index contributed by atoms with van der Waals surface area (Å²) in [7, 11) is 4.74. The monoisotopic (exact) mass is 327 g/mol. The molecule has 6 nitrogen and oxygen atoms in total. The maximum Gasteiger partial charge on any atom is 0.455 e. The van der Waals surface area contributed by atoms with E-state index in [9.17, 15) is 4.79 Å². The third-order valence-corrected chi connectivity index (χ3v) is 3.88. The minimum atomic E-state index is -0.0408. The Kier molecular flexibility index (Phi) is 4.37. The molecule has 124 valence electrons. The quantitative estimate of drug-likeness (QED) is 0.558. The van der Waals surface area contributed by atoms with E-state index in [1.54, 1.807) is 50.2 Å². The molecule has 1 N–H and O–H groups in total. The Balaban J connectivity index is 2.01. The molecular formula is C18H19N2O4+. The average molecular weight is 327 g/mol. The van der Waals surface area contributed by atoms with Crippen LogP contribution in [0.25, 0.3) is 11.0 Å². The molecule has 6 heteroatoms. The van der Waals surface area contributed by atoms with Crippen molar-refractivity contribution in [3.8, 4) is 17.5 Å². The number of hydrogen-bond donors (Lipinski definition) is 1. The summed E-state index contributed by atoms with van der Waals surface area (Å²) in [5, 5.41) is 0. The molecule has 0 saturated carbocycles. The lowest BCUT2D eigenvalue weighted by atomic mass is 10.1. The zero-order valence-electron chi connectivity index (χ0n) is 13.8. The largest absolute Gasteiger partial charge is 0.497 e. The van der Waals surface area contributed by atoms with Crippen LogP contribution in [0.1, 0.15) is 10.4 Å². The average Bonchev–Trinajstić information content (AvgIpc) is 2.99. The third kappa shape index (κ3) is 2.78. The molecule has 0 aliphatic heterocycles. The summed E-state index contributed by atoms with van der Waals surface area (Å²) in [6, 6.07) is 13.2. The topological polar surface area (TPSA) is 64.4 Å². The standard InChI is InChI=1S/C18H18N2O4/c1-22-13-7-4-6-12(10-13)15(21)11-20-14-8-5-9-16(23-2)17(14)19-18(20)24-3/h4-10H,11H2,1-3H3/p+1. The molecule has 0 aliphatic rings. The van der Waals surface area contributed by atoms with Gasteiger partial charge in [0.2, 0.25) is 11.3 Å². The van der Waals surface area contributed by atoms with E-state index in [0.717, 1.165) is 11.0 Å². The first-order valence-corrected chi connectivity index (χ1v) is 7.47. The van der Waals surface area contributed by atoms with Gasteiger partial charge >= 0.3 is 6.01 Å². The number of imidazole rings is 1. The summed E-state index contributed by atoms with van der Waals surface area (Å²) in [5.41, 5.74) is 2.21. The molecule has 3 aromatic rings. The van der Waals surface area contributed by atoms with E-state index >= 15 is 0 Å². The fraction of sp³-hybridized carbons (Fsp3) is 0.222. The lowest BCUT2D eigenvalue weighted by molar-refractivity contribution is -0.662. The highest BCUT2D eigenvalue weighted by molar-refractivity contribution is 5.95. The van der Waals surface area contributed by atoms with Crippen LogP contribution >= 0.6 is 0 Å².